The number of carbonyl (C=O) groups excluding carboxylic acids is 1. The number of ether oxygens (including phenoxy) is 1. The molecule has 1 saturated heterocycles. The van der Waals surface area contributed by atoms with Crippen molar-refractivity contribution >= 4 is 16.9 Å². The maximum absolute atomic E-state index is 13.1. The van der Waals surface area contributed by atoms with Gasteiger partial charge < -0.3 is 19.9 Å². The van der Waals surface area contributed by atoms with Crippen LogP contribution in [0.3, 0.4) is 0 Å². The summed E-state index contributed by atoms with van der Waals surface area (Å²) in [5.74, 6) is 0.584. The molecule has 4 rings (SSSR count). The van der Waals surface area contributed by atoms with E-state index in [2.05, 4.69) is 28.5 Å². The molecule has 2 aromatic carbocycles. The molecule has 0 saturated carbocycles. The highest BCUT2D eigenvalue weighted by Gasteiger charge is 2.24. The smallest absolute Gasteiger partial charge is 0.317 e. The molecule has 0 spiro atoms. The maximum Gasteiger partial charge on any atom is 0.317 e. The minimum Gasteiger partial charge on any atom is -0.492 e. The monoisotopic (exact) mass is 381 g/mol. The fourth-order valence-electron chi connectivity index (χ4n) is 3.70. The minimum atomic E-state index is -0.334. The van der Waals surface area contributed by atoms with Gasteiger partial charge in [0.1, 0.15) is 18.2 Å². The molecular formula is C22H24FN3O2. The second-order valence-corrected chi connectivity index (χ2v) is 7.11. The van der Waals surface area contributed by atoms with Gasteiger partial charge in [-0.15, -0.1) is 0 Å². The van der Waals surface area contributed by atoms with Gasteiger partial charge in [-0.2, -0.15) is 0 Å². The minimum absolute atomic E-state index is 0.0714. The summed E-state index contributed by atoms with van der Waals surface area (Å²) in [7, 11) is 0. The zero-order valence-electron chi connectivity index (χ0n) is 15.7. The van der Waals surface area contributed by atoms with Gasteiger partial charge in [0, 0.05) is 36.3 Å². The zero-order chi connectivity index (χ0) is 19.3. The first-order valence-electron chi connectivity index (χ1n) is 9.68. The van der Waals surface area contributed by atoms with Gasteiger partial charge in [0.2, 0.25) is 0 Å². The van der Waals surface area contributed by atoms with E-state index in [1.807, 2.05) is 17.0 Å². The Kier molecular flexibility index (Phi) is 5.46. The number of urea groups is 1. The van der Waals surface area contributed by atoms with Crippen molar-refractivity contribution in [2.75, 3.05) is 26.2 Å². The van der Waals surface area contributed by atoms with Gasteiger partial charge in [-0.05, 0) is 42.5 Å². The Balaban J connectivity index is 1.21. The number of hydrogen-bond donors (Lipinski definition) is 2. The van der Waals surface area contributed by atoms with E-state index in [0.29, 0.717) is 24.8 Å². The van der Waals surface area contributed by atoms with E-state index < -0.39 is 0 Å². The number of halogens is 1. The summed E-state index contributed by atoms with van der Waals surface area (Å²) < 4.78 is 18.6. The normalized spacial score (nSPS) is 15.0. The van der Waals surface area contributed by atoms with Crippen molar-refractivity contribution in [1.82, 2.24) is 15.2 Å². The quantitative estimate of drug-likeness (QED) is 0.649. The number of likely N-dealkylation sites (tertiary alicyclic amines) is 1. The van der Waals surface area contributed by atoms with Gasteiger partial charge in [0.05, 0.1) is 6.54 Å². The van der Waals surface area contributed by atoms with Gasteiger partial charge in [-0.1, -0.05) is 24.3 Å². The van der Waals surface area contributed by atoms with Crippen molar-refractivity contribution in [1.29, 1.82) is 0 Å². The molecule has 0 aliphatic carbocycles. The summed E-state index contributed by atoms with van der Waals surface area (Å²) in [5, 5.41) is 4.11. The SMILES string of the molecule is O=C(NCCOc1cccc(F)c1)N1CCC(c2cc3ccccc3[nH]2)CC1. The second-order valence-electron chi connectivity index (χ2n) is 7.11. The molecule has 1 aliphatic heterocycles. The standard InChI is InChI=1S/C22H24FN3O2/c23-18-5-3-6-19(15-18)28-13-10-24-22(27)26-11-8-16(9-12-26)21-14-17-4-1-2-7-20(17)25-21/h1-7,14-16,25H,8-13H2,(H,24,27). The Hall–Kier alpha value is -3.02. The van der Waals surface area contributed by atoms with Crippen molar-refractivity contribution < 1.29 is 13.9 Å². The fraction of sp³-hybridized carbons (Fsp3) is 0.318. The van der Waals surface area contributed by atoms with E-state index in [9.17, 15) is 9.18 Å². The van der Waals surface area contributed by atoms with Crippen molar-refractivity contribution in [3.8, 4) is 5.75 Å². The van der Waals surface area contributed by atoms with Crippen molar-refractivity contribution in [2.45, 2.75) is 18.8 Å². The maximum atomic E-state index is 13.1. The number of aromatic nitrogens is 1. The molecule has 5 nitrogen and oxygen atoms in total. The van der Waals surface area contributed by atoms with Crippen LogP contribution in [0.1, 0.15) is 24.5 Å². The first-order chi connectivity index (χ1) is 13.7. The van der Waals surface area contributed by atoms with Crippen molar-refractivity contribution in [3.63, 3.8) is 0 Å². The number of aromatic amines is 1. The molecule has 6 heteroatoms. The summed E-state index contributed by atoms with van der Waals surface area (Å²) in [6.07, 6.45) is 1.89. The van der Waals surface area contributed by atoms with Crippen LogP contribution in [0.15, 0.2) is 54.6 Å². The molecule has 3 aromatic rings. The van der Waals surface area contributed by atoms with E-state index >= 15 is 0 Å². The van der Waals surface area contributed by atoms with Crippen LogP contribution in [0.25, 0.3) is 10.9 Å². The third-order valence-electron chi connectivity index (χ3n) is 5.22. The number of nitrogens with zero attached hydrogens (tertiary/aromatic N) is 1. The van der Waals surface area contributed by atoms with E-state index in [1.165, 1.54) is 23.2 Å². The molecule has 2 heterocycles. The third-order valence-corrected chi connectivity index (χ3v) is 5.22. The summed E-state index contributed by atoms with van der Waals surface area (Å²) in [4.78, 5) is 17.7. The third kappa shape index (κ3) is 4.27. The van der Waals surface area contributed by atoms with E-state index in [4.69, 9.17) is 4.74 Å². The molecule has 1 fully saturated rings. The van der Waals surface area contributed by atoms with E-state index in [-0.39, 0.29) is 11.8 Å². The van der Waals surface area contributed by atoms with Gasteiger partial charge in [0.25, 0.3) is 0 Å². The topological polar surface area (TPSA) is 57.4 Å². The van der Waals surface area contributed by atoms with Crippen LogP contribution in [0.2, 0.25) is 0 Å². The highest BCUT2D eigenvalue weighted by molar-refractivity contribution is 5.80. The number of fused-ring (bicyclic) bond motifs is 1. The molecule has 28 heavy (non-hydrogen) atoms. The highest BCUT2D eigenvalue weighted by atomic mass is 19.1. The number of piperidine rings is 1. The van der Waals surface area contributed by atoms with Crippen LogP contribution in [-0.2, 0) is 0 Å². The Morgan fingerprint density at radius 3 is 2.75 bits per heavy atom. The van der Waals surface area contributed by atoms with E-state index in [1.54, 1.807) is 12.1 Å². The lowest BCUT2D eigenvalue weighted by atomic mass is 9.94. The average molecular weight is 381 g/mol. The van der Waals surface area contributed by atoms with Crippen LogP contribution < -0.4 is 10.1 Å². The van der Waals surface area contributed by atoms with Crippen LogP contribution >= 0.6 is 0 Å². The number of nitrogens with one attached hydrogen (secondary N) is 2. The number of carbonyl (C=O) groups is 1. The zero-order valence-corrected chi connectivity index (χ0v) is 15.7. The summed E-state index contributed by atoms with van der Waals surface area (Å²) in [6, 6.07) is 16.4. The number of para-hydroxylation sites is 1. The molecule has 2 N–H and O–H groups in total. The predicted octanol–water partition coefficient (Wildman–Crippen LogP) is 4.28. The summed E-state index contributed by atoms with van der Waals surface area (Å²) in [6.45, 7) is 2.16. The van der Waals surface area contributed by atoms with E-state index in [0.717, 1.165) is 31.4 Å². The Morgan fingerprint density at radius 2 is 1.96 bits per heavy atom. The second kappa shape index (κ2) is 8.33. The van der Waals surface area contributed by atoms with Crippen LogP contribution in [0.4, 0.5) is 9.18 Å². The Bertz CT molecular complexity index is 915. The number of hydrogen-bond acceptors (Lipinski definition) is 2. The number of amides is 2. The van der Waals surface area contributed by atoms with Gasteiger partial charge in [-0.3, -0.25) is 0 Å². The molecule has 0 radical (unpaired) electrons. The van der Waals surface area contributed by atoms with Crippen LogP contribution in [0, 0.1) is 5.82 Å². The molecule has 1 aliphatic rings. The predicted molar refractivity (Wildman–Crippen MR) is 107 cm³/mol. The molecular weight excluding hydrogens is 357 g/mol. The number of rotatable bonds is 5. The van der Waals surface area contributed by atoms with Crippen molar-refractivity contribution in [3.05, 3.63) is 66.1 Å². The lowest BCUT2D eigenvalue weighted by Crippen LogP contribution is -2.45. The first kappa shape index (κ1) is 18.3. The Morgan fingerprint density at radius 1 is 1.14 bits per heavy atom. The number of benzene rings is 2. The average Bonchev–Trinajstić information content (AvgIpc) is 3.15. The fourth-order valence-corrected chi connectivity index (χ4v) is 3.70. The summed E-state index contributed by atoms with van der Waals surface area (Å²) >= 11 is 0. The van der Waals surface area contributed by atoms with Gasteiger partial charge in [-0.25, -0.2) is 9.18 Å². The summed E-state index contributed by atoms with van der Waals surface area (Å²) in [5.41, 5.74) is 2.42. The molecule has 0 bridgehead atoms. The first-order valence-corrected chi connectivity index (χ1v) is 9.68. The van der Waals surface area contributed by atoms with Crippen molar-refractivity contribution in [2.24, 2.45) is 0 Å². The number of H-pyrrole nitrogens is 1. The lowest BCUT2D eigenvalue weighted by Gasteiger charge is -2.31. The van der Waals surface area contributed by atoms with Gasteiger partial charge >= 0.3 is 6.03 Å². The van der Waals surface area contributed by atoms with Gasteiger partial charge in [0.15, 0.2) is 0 Å². The van der Waals surface area contributed by atoms with Crippen LogP contribution in [0.5, 0.6) is 5.75 Å². The molecule has 2 amide bonds. The lowest BCUT2D eigenvalue weighted by molar-refractivity contribution is 0.178. The largest absolute Gasteiger partial charge is 0.492 e. The Labute approximate surface area is 163 Å². The molecule has 1 aromatic heterocycles. The molecule has 0 atom stereocenters. The van der Waals surface area contributed by atoms with Crippen LogP contribution in [-0.4, -0.2) is 42.2 Å². The highest BCUT2D eigenvalue weighted by Crippen LogP contribution is 2.29. The molecule has 146 valence electrons. The molecule has 0 unspecified atom stereocenters.